The van der Waals surface area contributed by atoms with Gasteiger partial charge in [-0.05, 0) is 30.7 Å². The van der Waals surface area contributed by atoms with Gasteiger partial charge >= 0.3 is 0 Å². The first-order valence-corrected chi connectivity index (χ1v) is 7.55. The number of aliphatic hydroxyl groups is 1. The molecule has 0 unspecified atom stereocenters. The van der Waals surface area contributed by atoms with Gasteiger partial charge in [-0.15, -0.1) is 0 Å². The van der Waals surface area contributed by atoms with Crippen molar-refractivity contribution in [2.75, 3.05) is 25.6 Å². The molecule has 2 aromatic carbocycles. The molecule has 0 amide bonds. The zero-order chi connectivity index (χ0) is 17.1. The molecule has 7 nitrogen and oxygen atoms in total. The number of fused-ring (bicyclic) bond motifs is 2. The highest BCUT2D eigenvalue weighted by Gasteiger charge is 2.19. The maximum atomic E-state index is 11.4. The van der Waals surface area contributed by atoms with E-state index >= 15 is 0 Å². The summed E-state index contributed by atoms with van der Waals surface area (Å²) in [6.45, 7) is 0.535. The molecule has 0 aliphatic heterocycles. The fraction of sp³-hybridized carbons (Fsp3) is 0.235. The highest BCUT2D eigenvalue weighted by Crippen LogP contribution is 2.37. The quantitative estimate of drug-likeness (QED) is 0.312. The van der Waals surface area contributed by atoms with Crippen LogP contribution in [0.5, 0.6) is 5.75 Å². The second-order valence-corrected chi connectivity index (χ2v) is 5.30. The summed E-state index contributed by atoms with van der Waals surface area (Å²) in [5, 5.41) is 24.9. The number of rotatable bonds is 6. The van der Waals surface area contributed by atoms with Crippen LogP contribution < -0.4 is 10.1 Å². The third-order valence-electron chi connectivity index (χ3n) is 3.82. The predicted molar refractivity (Wildman–Crippen MR) is 92.6 cm³/mol. The number of nitro benzene ring substituents is 1. The lowest BCUT2D eigenvalue weighted by atomic mass is 10.1. The summed E-state index contributed by atoms with van der Waals surface area (Å²) in [4.78, 5) is 15.6. The number of aliphatic hydroxyl groups excluding tert-OH is 1. The van der Waals surface area contributed by atoms with E-state index in [-0.39, 0.29) is 12.3 Å². The summed E-state index contributed by atoms with van der Waals surface area (Å²) in [5.41, 5.74) is 1.90. The van der Waals surface area contributed by atoms with Crippen LogP contribution in [0.1, 0.15) is 6.42 Å². The van der Waals surface area contributed by atoms with E-state index in [1.54, 1.807) is 31.4 Å². The normalized spacial score (nSPS) is 10.9. The van der Waals surface area contributed by atoms with Gasteiger partial charge < -0.3 is 15.2 Å². The lowest BCUT2D eigenvalue weighted by molar-refractivity contribution is -0.383. The maximum Gasteiger partial charge on any atom is 0.280 e. The van der Waals surface area contributed by atoms with Crippen LogP contribution in [0.15, 0.2) is 36.4 Å². The number of ether oxygens (including phenoxy) is 1. The molecular formula is C17H17N3O4. The van der Waals surface area contributed by atoms with Crippen molar-refractivity contribution in [2.45, 2.75) is 6.42 Å². The molecule has 0 atom stereocenters. The Hall–Kier alpha value is -2.93. The molecule has 0 aliphatic rings. The third kappa shape index (κ3) is 2.81. The number of aromatic nitrogens is 1. The number of methoxy groups -OCH3 is 1. The smallest absolute Gasteiger partial charge is 0.280 e. The van der Waals surface area contributed by atoms with E-state index in [9.17, 15) is 10.1 Å². The van der Waals surface area contributed by atoms with Crippen LogP contribution in [-0.4, -0.2) is 35.3 Å². The molecule has 0 fully saturated rings. The first kappa shape index (κ1) is 15.9. The van der Waals surface area contributed by atoms with Crippen LogP contribution in [0.25, 0.3) is 21.8 Å². The second-order valence-electron chi connectivity index (χ2n) is 5.30. The SMILES string of the molecule is COc1ccc2nc3cccc([N+](=O)[O-])c3c(NCCCO)c2c1. The molecule has 2 N–H and O–H groups in total. The highest BCUT2D eigenvalue weighted by molar-refractivity contribution is 6.11. The molecule has 3 rings (SSSR count). The molecule has 3 aromatic rings. The van der Waals surface area contributed by atoms with E-state index in [2.05, 4.69) is 10.3 Å². The standard InChI is InChI=1S/C17H17N3O4/c1-24-11-6-7-13-12(10-11)17(18-8-3-9-21)16-14(19-13)4-2-5-15(16)20(22)23/h2,4-7,10,21H,3,8-9H2,1H3,(H,18,19). The Bertz CT molecular complexity index is 911. The number of nitro groups is 1. The lowest BCUT2D eigenvalue weighted by Crippen LogP contribution is -2.06. The number of anilines is 1. The monoisotopic (exact) mass is 327 g/mol. The first-order valence-electron chi connectivity index (χ1n) is 7.55. The van der Waals surface area contributed by atoms with Gasteiger partial charge in [-0.3, -0.25) is 10.1 Å². The van der Waals surface area contributed by atoms with Crippen molar-refractivity contribution in [3.05, 3.63) is 46.5 Å². The third-order valence-corrected chi connectivity index (χ3v) is 3.82. The zero-order valence-electron chi connectivity index (χ0n) is 13.2. The van der Waals surface area contributed by atoms with Gasteiger partial charge in [0.05, 0.1) is 28.8 Å². The van der Waals surface area contributed by atoms with E-state index < -0.39 is 4.92 Å². The average Bonchev–Trinajstić information content (AvgIpc) is 2.60. The van der Waals surface area contributed by atoms with Gasteiger partial charge in [0.25, 0.3) is 5.69 Å². The fourth-order valence-electron chi connectivity index (χ4n) is 2.71. The van der Waals surface area contributed by atoms with Crippen molar-refractivity contribution in [3.8, 4) is 5.75 Å². The molecule has 0 aliphatic carbocycles. The van der Waals surface area contributed by atoms with E-state index in [1.807, 2.05) is 6.07 Å². The van der Waals surface area contributed by atoms with Crippen molar-refractivity contribution in [1.82, 2.24) is 4.98 Å². The fourth-order valence-corrected chi connectivity index (χ4v) is 2.71. The summed E-state index contributed by atoms with van der Waals surface area (Å²) in [7, 11) is 1.57. The van der Waals surface area contributed by atoms with E-state index in [0.29, 0.717) is 35.3 Å². The Balaban J connectivity index is 2.35. The summed E-state index contributed by atoms with van der Waals surface area (Å²) in [6.07, 6.45) is 0.538. The van der Waals surface area contributed by atoms with Crippen LogP contribution in [0, 0.1) is 10.1 Å². The van der Waals surface area contributed by atoms with Crippen molar-refractivity contribution in [2.24, 2.45) is 0 Å². The lowest BCUT2D eigenvalue weighted by Gasteiger charge is -2.14. The topological polar surface area (TPSA) is 97.5 Å². The van der Waals surface area contributed by atoms with Crippen molar-refractivity contribution in [3.63, 3.8) is 0 Å². The minimum atomic E-state index is -0.409. The molecule has 1 heterocycles. The summed E-state index contributed by atoms with van der Waals surface area (Å²) >= 11 is 0. The summed E-state index contributed by atoms with van der Waals surface area (Å²) < 4.78 is 5.26. The number of benzene rings is 2. The van der Waals surface area contributed by atoms with Crippen LogP contribution in [0.4, 0.5) is 11.4 Å². The van der Waals surface area contributed by atoms with Crippen molar-refractivity contribution in [1.29, 1.82) is 0 Å². The summed E-state index contributed by atoms with van der Waals surface area (Å²) in [6, 6.07) is 10.3. The van der Waals surface area contributed by atoms with Gasteiger partial charge in [0, 0.05) is 24.6 Å². The first-order chi connectivity index (χ1) is 11.7. The molecule has 1 aromatic heterocycles. The van der Waals surface area contributed by atoms with Crippen LogP contribution >= 0.6 is 0 Å². The summed E-state index contributed by atoms with van der Waals surface area (Å²) in [5.74, 6) is 0.646. The van der Waals surface area contributed by atoms with E-state index in [0.717, 1.165) is 10.9 Å². The van der Waals surface area contributed by atoms with Crippen molar-refractivity contribution < 1.29 is 14.8 Å². The molecule has 0 radical (unpaired) electrons. The molecule has 124 valence electrons. The van der Waals surface area contributed by atoms with Crippen LogP contribution in [-0.2, 0) is 0 Å². The Morgan fingerprint density at radius 3 is 2.83 bits per heavy atom. The molecular weight excluding hydrogens is 310 g/mol. The van der Waals surface area contributed by atoms with Gasteiger partial charge in [-0.25, -0.2) is 4.98 Å². The Morgan fingerprint density at radius 2 is 2.12 bits per heavy atom. The van der Waals surface area contributed by atoms with Crippen molar-refractivity contribution >= 4 is 33.2 Å². The highest BCUT2D eigenvalue weighted by atomic mass is 16.6. The minimum absolute atomic E-state index is 0.00350. The van der Waals surface area contributed by atoms with Gasteiger partial charge in [-0.2, -0.15) is 0 Å². The van der Waals surface area contributed by atoms with Gasteiger partial charge in [0.15, 0.2) is 0 Å². The number of hydrogen-bond donors (Lipinski definition) is 2. The zero-order valence-corrected chi connectivity index (χ0v) is 13.2. The minimum Gasteiger partial charge on any atom is -0.497 e. The number of hydrogen-bond acceptors (Lipinski definition) is 6. The number of nitrogens with one attached hydrogen (secondary N) is 1. The van der Waals surface area contributed by atoms with Crippen LogP contribution in [0.2, 0.25) is 0 Å². The molecule has 0 spiro atoms. The molecule has 0 saturated heterocycles. The molecule has 7 heteroatoms. The number of pyridine rings is 1. The Kier molecular flexibility index (Phi) is 4.43. The van der Waals surface area contributed by atoms with Gasteiger partial charge in [-0.1, -0.05) is 6.07 Å². The maximum absolute atomic E-state index is 11.4. The van der Waals surface area contributed by atoms with E-state index in [1.165, 1.54) is 6.07 Å². The van der Waals surface area contributed by atoms with Gasteiger partial charge in [0.1, 0.15) is 11.1 Å². The predicted octanol–water partition coefficient (Wildman–Crippen LogP) is 3.10. The average molecular weight is 327 g/mol. The number of non-ortho nitro benzene ring substituents is 1. The molecule has 0 bridgehead atoms. The van der Waals surface area contributed by atoms with Crippen LogP contribution in [0.3, 0.4) is 0 Å². The van der Waals surface area contributed by atoms with E-state index in [4.69, 9.17) is 9.84 Å². The molecule has 24 heavy (non-hydrogen) atoms. The largest absolute Gasteiger partial charge is 0.497 e. The molecule has 0 saturated carbocycles. The van der Waals surface area contributed by atoms with Gasteiger partial charge in [0.2, 0.25) is 0 Å². The number of nitrogens with zero attached hydrogens (tertiary/aromatic N) is 2. The second kappa shape index (κ2) is 6.67. The Labute approximate surface area is 138 Å². The Morgan fingerprint density at radius 1 is 1.29 bits per heavy atom.